The van der Waals surface area contributed by atoms with E-state index >= 15 is 0 Å². The minimum Gasteiger partial charge on any atom is -0.510 e. The molecule has 0 saturated heterocycles. The highest BCUT2D eigenvalue weighted by Crippen LogP contribution is 2.37. The maximum Gasteiger partial charge on any atom is 0.707 e. The molecule has 1 aromatic rings. The summed E-state index contributed by atoms with van der Waals surface area (Å²) >= 11 is 0.728. The minimum atomic E-state index is -4.78. The number of anilines is 1. The first kappa shape index (κ1) is 17.5. The van der Waals surface area contributed by atoms with Crippen LogP contribution in [0.5, 0.6) is 5.75 Å². The molecule has 0 bridgehead atoms. The van der Waals surface area contributed by atoms with Gasteiger partial charge in [-0.25, -0.2) is 0 Å². The van der Waals surface area contributed by atoms with E-state index in [0.29, 0.717) is 0 Å². The predicted molar refractivity (Wildman–Crippen MR) is 77.4 cm³/mol. The Bertz CT molecular complexity index is 623. The van der Waals surface area contributed by atoms with Crippen LogP contribution >= 0.6 is 11.8 Å². The van der Waals surface area contributed by atoms with Crippen molar-refractivity contribution in [3.05, 3.63) is 34.9 Å². The van der Waals surface area contributed by atoms with E-state index < -0.39 is 30.1 Å². The van der Waals surface area contributed by atoms with E-state index in [1.807, 2.05) is 0 Å². The number of carbonyl (C=O) groups excluding carboxylic acids is 1. The number of halogens is 3. The second-order valence-corrected chi connectivity index (χ2v) is 5.35. The molecule has 1 aromatic carbocycles. The van der Waals surface area contributed by atoms with Crippen molar-refractivity contribution >= 4 is 30.7 Å². The zero-order valence-corrected chi connectivity index (χ0v) is 12.3. The van der Waals surface area contributed by atoms with Crippen molar-refractivity contribution in [2.75, 3.05) is 17.7 Å². The molecular formula is C12H11BF3NO5S. The van der Waals surface area contributed by atoms with Crippen molar-refractivity contribution in [3.63, 3.8) is 0 Å². The molecular weight excluding hydrogens is 338 g/mol. The fourth-order valence-corrected chi connectivity index (χ4v) is 2.62. The molecule has 2 rings (SSSR count). The molecule has 23 heavy (non-hydrogen) atoms. The first-order chi connectivity index (χ1) is 10.8. The van der Waals surface area contributed by atoms with Crippen molar-refractivity contribution in [1.82, 2.24) is 0 Å². The molecule has 0 aromatic heterocycles. The van der Waals surface area contributed by atoms with Gasteiger partial charge in [0.15, 0.2) is 0 Å². The smallest absolute Gasteiger partial charge is 0.510 e. The molecule has 11 heteroatoms. The third-order valence-corrected chi connectivity index (χ3v) is 3.64. The van der Waals surface area contributed by atoms with E-state index in [2.05, 4.69) is 14.7 Å². The van der Waals surface area contributed by atoms with Crippen LogP contribution in [0.2, 0.25) is 0 Å². The van der Waals surface area contributed by atoms with Gasteiger partial charge in [-0.1, -0.05) is 12.1 Å². The van der Waals surface area contributed by atoms with Crippen molar-refractivity contribution in [1.29, 1.82) is 0 Å². The molecule has 0 spiro atoms. The fraction of sp³-hybridized carbons (Fsp3) is 0.250. The number of amides is 1. The first-order valence-electron chi connectivity index (χ1n) is 6.29. The first-order valence-corrected chi connectivity index (χ1v) is 7.28. The van der Waals surface area contributed by atoms with Crippen molar-refractivity contribution in [2.24, 2.45) is 0 Å². The topological polar surface area (TPSA) is 88.0 Å². The summed E-state index contributed by atoms with van der Waals surface area (Å²) < 4.78 is 47.8. The monoisotopic (exact) mass is 349 g/mol. The van der Waals surface area contributed by atoms with E-state index in [1.165, 1.54) is 24.3 Å². The van der Waals surface area contributed by atoms with Gasteiger partial charge < -0.3 is 24.8 Å². The van der Waals surface area contributed by atoms with Crippen molar-refractivity contribution in [2.45, 2.75) is 6.18 Å². The Balaban J connectivity index is 2.26. The van der Waals surface area contributed by atoms with Crippen molar-refractivity contribution in [3.8, 4) is 5.75 Å². The standard InChI is InChI=1S/C12H11BF3NO5S/c14-12(15,16)10-9(23-6-5-21-10)11(18)17-7-3-1-2-4-8(7)22-13(19)20/h1-4,19-20H,5-6H2,(H,17,18). The van der Waals surface area contributed by atoms with Crippen LogP contribution in [0.15, 0.2) is 34.9 Å². The number of thioether (sulfide) groups is 1. The van der Waals surface area contributed by atoms with Crippen LogP contribution in [0, 0.1) is 0 Å². The highest BCUT2D eigenvalue weighted by molar-refractivity contribution is 8.04. The molecule has 0 fully saturated rings. The maximum atomic E-state index is 12.9. The Morgan fingerprint density at radius 2 is 2.04 bits per heavy atom. The second kappa shape index (κ2) is 7.15. The Kier molecular flexibility index (Phi) is 5.44. The molecule has 124 valence electrons. The molecule has 0 radical (unpaired) electrons. The lowest BCUT2D eigenvalue weighted by atomic mass is 10.2. The molecule has 1 aliphatic heterocycles. The summed E-state index contributed by atoms with van der Waals surface area (Å²) in [7, 11) is -2.13. The number of allylic oxidation sites excluding steroid dienone is 1. The van der Waals surface area contributed by atoms with E-state index in [1.54, 1.807) is 0 Å². The number of hydrogen-bond acceptors (Lipinski definition) is 6. The number of para-hydroxylation sites is 2. The molecule has 1 heterocycles. The SMILES string of the molecule is O=C(Nc1ccccc1OB(O)O)C1=C(C(F)(F)F)OCCS1. The van der Waals surface area contributed by atoms with Gasteiger partial charge in [0.2, 0.25) is 5.76 Å². The normalized spacial score (nSPS) is 15.0. The van der Waals surface area contributed by atoms with E-state index in [0.717, 1.165) is 11.8 Å². The Hall–Kier alpha value is -1.85. The molecule has 0 aliphatic carbocycles. The Morgan fingerprint density at radius 3 is 2.70 bits per heavy atom. The minimum absolute atomic E-state index is 0.00852. The molecule has 0 saturated carbocycles. The lowest BCUT2D eigenvalue weighted by Crippen LogP contribution is -2.27. The summed E-state index contributed by atoms with van der Waals surface area (Å²) in [6, 6.07) is 5.65. The summed E-state index contributed by atoms with van der Waals surface area (Å²) in [6.07, 6.45) is -4.78. The van der Waals surface area contributed by atoms with Crippen LogP contribution < -0.4 is 9.97 Å². The van der Waals surface area contributed by atoms with Crippen LogP contribution in [0.4, 0.5) is 18.9 Å². The summed E-state index contributed by atoms with van der Waals surface area (Å²) in [6.45, 7) is -0.146. The van der Waals surface area contributed by atoms with Crippen LogP contribution in [0.3, 0.4) is 0 Å². The van der Waals surface area contributed by atoms with Gasteiger partial charge in [0.1, 0.15) is 10.7 Å². The molecule has 1 amide bonds. The van der Waals surface area contributed by atoms with Crippen molar-refractivity contribution < 1.29 is 37.4 Å². The van der Waals surface area contributed by atoms with Gasteiger partial charge in [-0.15, -0.1) is 11.8 Å². The largest absolute Gasteiger partial charge is 0.707 e. The third kappa shape index (κ3) is 4.56. The predicted octanol–water partition coefficient (Wildman–Crippen LogP) is 1.51. The number of rotatable bonds is 4. The number of benzene rings is 1. The van der Waals surface area contributed by atoms with Gasteiger partial charge in [-0.05, 0) is 12.1 Å². The van der Waals surface area contributed by atoms with Gasteiger partial charge in [-0.3, -0.25) is 4.79 Å². The maximum absolute atomic E-state index is 12.9. The number of hydrogen-bond donors (Lipinski definition) is 3. The summed E-state index contributed by atoms with van der Waals surface area (Å²) in [5.41, 5.74) is -0.00852. The molecule has 0 atom stereocenters. The van der Waals surface area contributed by atoms with Crippen LogP contribution in [0.1, 0.15) is 0 Å². The third-order valence-electron chi connectivity index (χ3n) is 2.61. The average molecular weight is 349 g/mol. The molecule has 3 N–H and O–H groups in total. The van der Waals surface area contributed by atoms with Gasteiger partial charge in [-0.2, -0.15) is 13.2 Å². The Morgan fingerprint density at radius 1 is 1.35 bits per heavy atom. The summed E-state index contributed by atoms with van der Waals surface area (Å²) in [4.78, 5) is 11.5. The number of nitrogens with one attached hydrogen (secondary N) is 1. The highest BCUT2D eigenvalue weighted by Gasteiger charge is 2.42. The molecule has 1 aliphatic rings. The second-order valence-electron chi connectivity index (χ2n) is 4.25. The number of alkyl halides is 3. The zero-order valence-electron chi connectivity index (χ0n) is 11.5. The summed E-state index contributed by atoms with van der Waals surface area (Å²) in [5, 5.41) is 19.8. The van der Waals surface area contributed by atoms with Gasteiger partial charge in [0.05, 0.1) is 12.3 Å². The van der Waals surface area contributed by atoms with E-state index in [-0.39, 0.29) is 23.8 Å². The quantitative estimate of drug-likeness (QED) is 0.715. The van der Waals surface area contributed by atoms with Gasteiger partial charge >= 0.3 is 13.5 Å². The highest BCUT2D eigenvalue weighted by atomic mass is 32.2. The van der Waals surface area contributed by atoms with E-state index in [9.17, 15) is 18.0 Å². The average Bonchev–Trinajstić information content (AvgIpc) is 2.48. The van der Waals surface area contributed by atoms with Gasteiger partial charge in [0.25, 0.3) is 5.91 Å². The van der Waals surface area contributed by atoms with Gasteiger partial charge in [0, 0.05) is 5.75 Å². The Labute approximate surface area is 133 Å². The lowest BCUT2D eigenvalue weighted by molar-refractivity contribution is -0.133. The van der Waals surface area contributed by atoms with Crippen LogP contribution in [0.25, 0.3) is 0 Å². The number of ether oxygens (including phenoxy) is 1. The lowest BCUT2D eigenvalue weighted by Gasteiger charge is -2.22. The van der Waals surface area contributed by atoms with Crippen LogP contribution in [-0.2, 0) is 9.53 Å². The van der Waals surface area contributed by atoms with E-state index in [4.69, 9.17) is 10.0 Å². The fourth-order valence-electron chi connectivity index (χ4n) is 1.76. The molecule has 0 unspecified atom stereocenters. The van der Waals surface area contributed by atoms with Crippen LogP contribution in [-0.4, -0.2) is 41.8 Å². The number of carbonyl (C=O) groups is 1. The molecule has 6 nitrogen and oxygen atoms in total. The summed E-state index contributed by atoms with van der Waals surface area (Å²) in [5.74, 6) is -2.26. The zero-order chi connectivity index (χ0) is 17.0.